The molecule has 0 aromatic heterocycles. The second-order valence-corrected chi connectivity index (χ2v) is 12.1. The summed E-state index contributed by atoms with van der Waals surface area (Å²) < 4.78 is 0. The number of rotatable bonds is 2. The predicted octanol–water partition coefficient (Wildman–Crippen LogP) is 4.08. The first kappa shape index (κ1) is 14.9. The van der Waals surface area contributed by atoms with E-state index in [0.29, 0.717) is 0 Å². The average Bonchev–Trinajstić information content (AvgIpc) is 2.80. The molecule has 2 fully saturated rings. The SMILES string of the molecule is C[C@@H]1CC[C@@H](C/C=C\C#C[Si](C)(C)C)N2CCC[C@@H]12. The number of fused-ring (bicyclic) bond motifs is 1. The molecule has 0 bridgehead atoms. The number of hydrogen-bond acceptors (Lipinski definition) is 1. The van der Waals surface area contributed by atoms with Crippen molar-refractivity contribution in [2.75, 3.05) is 6.54 Å². The Labute approximate surface area is 120 Å². The summed E-state index contributed by atoms with van der Waals surface area (Å²) in [6, 6.07) is 1.66. The van der Waals surface area contributed by atoms with Crippen LogP contribution in [0, 0.1) is 17.4 Å². The van der Waals surface area contributed by atoms with Gasteiger partial charge in [0.15, 0.2) is 0 Å². The van der Waals surface area contributed by atoms with E-state index in [2.05, 4.69) is 55.1 Å². The van der Waals surface area contributed by atoms with Gasteiger partial charge in [-0.05, 0) is 50.6 Å². The fourth-order valence-electron chi connectivity index (χ4n) is 3.49. The maximum Gasteiger partial charge on any atom is 0.129 e. The Bertz CT molecular complexity index is 382. The van der Waals surface area contributed by atoms with E-state index in [0.717, 1.165) is 18.0 Å². The van der Waals surface area contributed by atoms with Crippen molar-refractivity contribution in [1.82, 2.24) is 4.90 Å². The molecule has 2 aliphatic heterocycles. The maximum atomic E-state index is 3.40. The fourth-order valence-corrected chi connectivity index (χ4v) is 4.00. The molecule has 0 saturated carbocycles. The van der Waals surface area contributed by atoms with Crippen LogP contribution in [0.5, 0.6) is 0 Å². The molecule has 2 rings (SSSR count). The van der Waals surface area contributed by atoms with Crippen molar-refractivity contribution < 1.29 is 0 Å². The van der Waals surface area contributed by atoms with Crippen LogP contribution in [0.15, 0.2) is 12.2 Å². The van der Waals surface area contributed by atoms with Gasteiger partial charge in [-0.25, -0.2) is 0 Å². The van der Waals surface area contributed by atoms with Crippen LogP contribution in [0.4, 0.5) is 0 Å². The zero-order valence-corrected chi connectivity index (χ0v) is 14.1. The van der Waals surface area contributed by atoms with Gasteiger partial charge in [0, 0.05) is 12.1 Å². The number of nitrogens with zero attached hydrogens (tertiary/aromatic N) is 1. The van der Waals surface area contributed by atoms with E-state index < -0.39 is 8.07 Å². The lowest BCUT2D eigenvalue weighted by molar-refractivity contribution is 0.0832. The Hall–Kier alpha value is -0.523. The fraction of sp³-hybridized carbons (Fsp3) is 0.765. The van der Waals surface area contributed by atoms with E-state index in [-0.39, 0.29) is 0 Å². The highest BCUT2D eigenvalue weighted by Crippen LogP contribution is 2.36. The molecule has 0 aromatic carbocycles. The van der Waals surface area contributed by atoms with Gasteiger partial charge >= 0.3 is 0 Å². The molecule has 2 heteroatoms. The Balaban J connectivity index is 1.86. The van der Waals surface area contributed by atoms with Crippen molar-refractivity contribution >= 4 is 8.07 Å². The highest BCUT2D eigenvalue weighted by molar-refractivity contribution is 6.83. The van der Waals surface area contributed by atoms with Crippen LogP contribution >= 0.6 is 0 Å². The minimum atomic E-state index is -1.20. The van der Waals surface area contributed by atoms with Gasteiger partial charge in [0.25, 0.3) is 0 Å². The smallest absolute Gasteiger partial charge is 0.129 e. The summed E-state index contributed by atoms with van der Waals surface area (Å²) in [6.07, 6.45) is 11.2. The van der Waals surface area contributed by atoms with Crippen molar-refractivity contribution in [1.29, 1.82) is 0 Å². The number of hydrogen-bond donors (Lipinski definition) is 0. The van der Waals surface area contributed by atoms with Crippen molar-refractivity contribution in [3.8, 4) is 11.5 Å². The lowest BCUT2D eigenvalue weighted by atomic mass is 9.86. The van der Waals surface area contributed by atoms with E-state index in [1.807, 2.05) is 0 Å². The Morgan fingerprint density at radius 1 is 1.21 bits per heavy atom. The first-order valence-corrected chi connectivity index (χ1v) is 11.4. The molecular weight excluding hydrogens is 246 g/mol. The zero-order valence-electron chi connectivity index (χ0n) is 13.1. The third-order valence-electron chi connectivity index (χ3n) is 4.48. The third-order valence-corrected chi connectivity index (χ3v) is 5.37. The van der Waals surface area contributed by atoms with E-state index in [4.69, 9.17) is 0 Å². The first-order chi connectivity index (χ1) is 8.97. The number of piperidine rings is 1. The molecule has 0 N–H and O–H groups in total. The largest absolute Gasteiger partial charge is 0.297 e. The molecule has 106 valence electrons. The van der Waals surface area contributed by atoms with E-state index in [9.17, 15) is 0 Å². The van der Waals surface area contributed by atoms with E-state index in [1.54, 1.807) is 0 Å². The van der Waals surface area contributed by atoms with Crippen LogP contribution < -0.4 is 0 Å². The van der Waals surface area contributed by atoms with Crippen molar-refractivity contribution in [3.63, 3.8) is 0 Å². The van der Waals surface area contributed by atoms with Gasteiger partial charge in [-0.2, -0.15) is 0 Å². The van der Waals surface area contributed by atoms with Crippen LogP contribution in [0.25, 0.3) is 0 Å². The van der Waals surface area contributed by atoms with Crippen molar-refractivity contribution in [2.45, 2.75) is 70.8 Å². The summed E-state index contributed by atoms with van der Waals surface area (Å²) >= 11 is 0. The first-order valence-electron chi connectivity index (χ1n) is 7.91. The minimum absolute atomic E-state index is 0.786. The van der Waals surface area contributed by atoms with E-state index in [1.165, 1.54) is 38.6 Å². The van der Waals surface area contributed by atoms with Gasteiger partial charge < -0.3 is 0 Å². The summed E-state index contributed by atoms with van der Waals surface area (Å²) in [7, 11) is -1.20. The highest BCUT2D eigenvalue weighted by atomic mass is 28.3. The average molecular weight is 276 g/mol. The Morgan fingerprint density at radius 3 is 2.74 bits per heavy atom. The standard InChI is InChI=1S/C17H29NSi/c1-15-11-12-16(18-13-8-10-17(15)18)9-6-5-7-14-19(2,3)4/h5-6,15-17H,8-13H2,1-4H3/b6-5-/t15-,16-,17+/m1/s1. The van der Waals surface area contributed by atoms with Gasteiger partial charge in [0.2, 0.25) is 0 Å². The molecule has 0 aliphatic carbocycles. The summed E-state index contributed by atoms with van der Waals surface area (Å²) in [5.41, 5.74) is 3.40. The number of allylic oxidation sites excluding steroid dienone is 1. The Morgan fingerprint density at radius 2 is 2.00 bits per heavy atom. The molecule has 0 amide bonds. The molecule has 2 aliphatic rings. The van der Waals surface area contributed by atoms with Gasteiger partial charge in [0.05, 0.1) is 0 Å². The quantitative estimate of drug-likeness (QED) is 0.542. The second kappa shape index (κ2) is 6.28. The third kappa shape index (κ3) is 4.23. The van der Waals surface area contributed by atoms with Crippen LogP contribution in [0.1, 0.15) is 39.0 Å². The molecular formula is C17H29NSi. The molecule has 0 unspecified atom stereocenters. The van der Waals surface area contributed by atoms with Gasteiger partial charge in [-0.3, -0.25) is 4.90 Å². The van der Waals surface area contributed by atoms with Gasteiger partial charge in [-0.15, -0.1) is 5.54 Å². The maximum absolute atomic E-state index is 3.40. The van der Waals surface area contributed by atoms with Gasteiger partial charge in [-0.1, -0.05) is 38.6 Å². The van der Waals surface area contributed by atoms with Crippen molar-refractivity contribution in [3.05, 3.63) is 12.2 Å². The second-order valence-electron chi connectivity index (χ2n) is 7.31. The molecule has 2 heterocycles. The van der Waals surface area contributed by atoms with Crippen LogP contribution in [0.3, 0.4) is 0 Å². The molecule has 19 heavy (non-hydrogen) atoms. The summed E-state index contributed by atoms with van der Waals surface area (Å²) in [4.78, 5) is 2.78. The summed E-state index contributed by atoms with van der Waals surface area (Å²) in [6.45, 7) is 10.7. The topological polar surface area (TPSA) is 3.24 Å². The predicted molar refractivity (Wildman–Crippen MR) is 86.8 cm³/mol. The highest BCUT2D eigenvalue weighted by Gasteiger charge is 2.37. The van der Waals surface area contributed by atoms with E-state index >= 15 is 0 Å². The lowest BCUT2D eigenvalue weighted by Crippen LogP contribution is -2.46. The molecule has 1 nitrogen and oxygen atoms in total. The normalized spacial score (nSPS) is 32.1. The molecule has 0 radical (unpaired) electrons. The van der Waals surface area contributed by atoms with Crippen LogP contribution in [-0.4, -0.2) is 31.6 Å². The molecule has 2 saturated heterocycles. The molecule has 0 aromatic rings. The zero-order chi connectivity index (χ0) is 13.9. The summed E-state index contributed by atoms with van der Waals surface area (Å²) in [5.74, 6) is 4.16. The van der Waals surface area contributed by atoms with Gasteiger partial charge in [0.1, 0.15) is 8.07 Å². The molecule has 0 spiro atoms. The Kier molecular flexibility index (Phi) is 4.92. The summed E-state index contributed by atoms with van der Waals surface area (Å²) in [5, 5.41) is 0. The van der Waals surface area contributed by atoms with Crippen LogP contribution in [0.2, 0.25) is 19.6 Å². The molecule has 3 atom stereocenters. The van der Waals surface area contributed by atoms with Crippen LogP contribution in [-0.2, 0) is 0 Å². The minimum Gasteiger partial charge on any atom is -0.297 e. The van der Waals surface area contributed by atoms with Crippen molar-refractivity contribution in [2.24, 2.45) is 5.92 Å². The lowest BCUT2D eigenvalue weighted by Gasteiger charge is -2.41. The monoisotopic (exact) mass is 275 g/mol.